The van der Waals surface area contributed by atoms with Crippen LogP contribution in [-0.4, -0.2) is 28.4 Å². The van der Waals surface area contributed by atoms with Gasteiger partial charge in [-0.15, -0.1) is 23.1 Å². The molecule has 0 saturated carbocycles. The molecule has 0 bridgehead atoms. The van der Waals surface area contributed by atoms with Crippen molar-refractivity contribution in [2.75, 3.05) is 13.3 Å². The number of thioether (sulfide) groups is 1. The molecule has 0 aliphatic carbocycles. The Labute approximate surface area is 92.3 Å². The summed E-state index contributed by atoms with van der Waals surface area (Å²) in [6, 6.07) is 0. The molecule has 0 aliphatic heterocycles. The maximum atomic E-state index is 10.3. The fourth-order valence-corrected chi connectivity index (χ4v) is 2.78. The van der Waals surface area contributed by atoms with E-state index in [9.17, 15) is 5.11 Å². The van der Waals surface area contributed by atoms with Crippen molar-refractivity contribution < 1.29 is 5.11 Å². The number of aryl methyl sites for hydroxylation is 1. The lowest BCUT2D eigenvalue weighted by molar-refractivity contribution is 0.136. The number of thiazole rings is 1. The molecule has 1 unspecified atom stereocenters. The molecule has 5 heteroatoms. The van der Waals surface area contributed by atoms with Gasteiger partial charge in [0.1, 0.15) is 10.1 Å². The summed E-state index contributed by atoms with van der Waals surface area (Å²) in [6.07, 6.45) is 1.90. The average Bonchev–Trinajstić information content (AvgIpc) is 2.54. The average molecular weight is 230 g/mol. The minimum atomic E-state index is -1.05. The van der Waals surface area contributed by atoms with Crippen molar-refractivity contribution in [2.24, 2.45) is 4.99 Å². The highest BCUT2D eigenvalue weighted by atomic mass is 32.2. The molecule has 0 radical (unpaired) electrons. The second-order valence-corrected chi connectivity index (χ2v) is 4.75. The van der Waals surface area contributed by atoms with Crippen molar-refractivity contribution in [1.82, 2.24) is 4.98 Å². The van der Waals surface area contributed by atoms with Gasteiger partial charge in [-0.2, -0.15) is 0 Å². The Balaban J connectivity index is 3.06. The van der Waals surface area contributed by atoms with Crippen LogP contribution in [0.25, 0.3) is 0 Å². The SMILES string of the molecule is CN=C(SC)C(C)(O)c1nc(C)cs1. The summed E-state index contributed by atoms with van der Waals surface area (Å²) in [5.41, 5.74) is -0.116. The highest BCUT2D eigenvalue weighted by molar-refractivity contribution is 8.13. The molecule has 0 aliphatic rings. The summed E-state index contributed by atoms with van der Waals surface area (Å²) in [4.78, 5) is 8.33. The smallest absolute Gasteiger partial charge is 0.160 e. The highest BCUT2D eigenvalue weighted by Crippen LogP contribution is 2.29. The minimum absolute atomic E-state index is 0.687. The van der Waals surface area contributed by atoms with E-state index in [0.717, 1.165) is 5.69 Å². The Bertz CT molecular complexity index is 344. The van der Waals surface area contributed by atoms with Gasteiger partial charge in [0, 0.05) is 18.1 Å². The molecule has 1 aromatic heterocycles. The molecular weight excluding hydrogens is 216 g/mol. The third-order valence-electron chi connectivity index (χ3n) is 1.85. The summed E-state index contributed by atoms with van der Waals surface area (Å²) in [5.74, 6) is 0. The number of hydrogen-bond donors (Lipinski definition) is 1. The molecule has 0 fully saturated rings. The summed E-state index contributed by atoms with van der Waals surface area (Å²) >= 11 is 2.91. The van der Waals surface area contributed by atoms with Gasteiger partial charge in [0.25, 0.3) is 0 Å². The van der Waals surface area contributed by atoms with E-state index in [1.165, 1.54) is 23.1 Å². The Morgan fingerprint density at radius 3 is 2.71 bits per heavy atom. The third kappa shape index (κ3) is 2.16. The van der Waals surface area contributed by atoms with Crippen molar-refractivity contribution in [1.29, 1.82) is 0 Å². The molecule has 78 valence electrons. The van der Waals surface area contributed by atoms with Gasteiger partial charge >= 0.3 is 0 Å². The van der Waals surface area contributed by atoms with Crippen LogP contribution in [0, 0.1) is 6.92 Å². The molecule has 0 saturated heterocycles. The van der Waals surface area contributed by atoms with E-state index in [1.54, 1.807) is 14.0 Å². The lowest BCUT2D eigenvalue weighted by Crippen LogP contribution is -2.29. The number of aliphatic hydroxyl groups is 1. The molecular formula is C9H14N2OS2. The quantitative estimate of drug-likeness (QED) is 0.625. The van der Waals surface area contributed by atoms with Crippen LogP contribution in [0.2, 0.25) is 0 Å². The van der Waals surface area contributed by atoms with Crippen LogP contribution in [0.1, 0.15) is 17.6 Å². The lowest BCUT2D eigenvalue weighted by Gasteiger charge is -2.21. The molecule has 0 spiro atoms. The first-order valence-corrected chi connectivity index (χ1v) is 6.29. The maximum absolute atomic E-state index is 10.3. The predicted octanol–water partition coefficient (Wildman–Crippen LogP) is 2.05. The third-order valence-corrected chi connectivity index (χ3v) is 3.99. The van der Waals surface area contributed by atoms with E-state index in [-0.39, 0.29) is 0 Å². The standard InChI is InChI=1S/C9H14N2OS2/c1-6-5-14-8(11-6)9(2,12)7(10-3)13-4/h5,12H,1-4H3. The number of nitrogens with zero attached hydrogens (tertiary/aromatic N) is 2. The van der Waals surface area contributed by atoms with Gasteiger partial charge in [0.15, 0.2) is 5.60 Å². The lowest BCUT2D eigenvalue weighted by atomic mass is 10.1. The molecule has 1 N–H and O–H groups in total. The minimum Gasteiger partial charge on any atom is -0.376 e. The van der Waals surface area contributed by atoms with Gasteiger partial charge in [-0.3, -0.25) is 4.99 Å². The van der Waals surface area contributed by atoms with E-state index in [4.69, 9.17) is 0 Å². The molecule has 1 rings (SSSR count). The Morgan fingerprint density at radius 1 is 1.71 bits per heavy atom. The van der Waals surface area contributed by atoms with Crippen LogP contribution < -0.4 is 0 Å². The fraction of sp³-hybridized carbons (Fsp3) is 0.556. The first-order valence-electron chi connectivity index (χ1n) is 4.18. The van der Waals surface area contributed by atoms with Crippen molar-refractivity contribution in [2.45, 2.75) is 19.4 Å². The molecule has 1 aromatic rings. The van der Waals surface area contributed by atoms with Crippen LogP contribution in [-0.2, 0) is 5.60 Å². The first-order chi connectivity index (χ1) is 6.52. The Morgan fingerprint density at radius 2 is 2.36 bits per heavy atom. The van der Waals surface area contributed by atoms with E-state index in [0.29, 0.717) is 10.1 Å². The zero-order valence-electron chi connectivity index (χ0n) is 8.74. The van der Waals surface area contributed by atoms with Gasteiger partial charge in [0.05, 0.1) is 0 Å². The zero-order valence-corrected chi connectivity index (χ0v) is 10.4. The molecule has 3 nitrogen and oxygen atoms in total. The molecule has 0 amide bonds. The van der Waals surface area contributed by atoms with Gasteiger partial charge in [0.2, 0.25) is 0 Å². The molecule has 1 heterocycles. The van der Waals surface area contributed by atoms with Gasteiger partial charge < -0.3 is 5.11 Å². The summed E-state index contributed by atoms with van der Waals surface area (Å²) in [7, 11) is 1.68. The first kappa shape index (κ1) is 11.7. The molecule has 14 heavy (non-hydrogen) atoms. The number of aliphatic imine (C=N–C) groups is 1. The predicted molar refractivity (Wildman–Crippen MR) is 63.3 cm³/mol. The van der Waals surface area contributed by atoms with Crippen LogP contribution in [0.3, 0.4) is 0 Å². The second-order valence-electron chi connectivity index (χ2n) is 3.10. The molecule has 0 aromatic carbocycles. The van der Waals surface area contributed by atoms with Crippen molar-refractivity contribution in [3.63, 3.8) is 0 Å². The summed E-state index contributed by atoms with van der Waals surface area (Å²) in [6.45, 7) is 3.64. The maximum Gasteiger partial charge on any atom is 0.160 e. The Hall–Kier alpha value is -0.390. The summed E-state index contributed by atoms with van der Waals surface area (Å²) in [5, 5.41) is 13.6. The highest BCUT2D eigenvalue weighted by Gasteiger charge is 2.32. The number of aromatic nitrogens is 1. The van der Waals surface area contributed by atoms with Crippen molar-refractivity contribution in [3.05, 3.63) is 16.1 Å². The molecule has 1 atom stereocenters. The van der Waals surface area contributed by atoms with E-state index in [1.807, 2.05) is 18.6 Å². The zero-order chi connectivity index (χ0) is 10.8. The number of rotatable bonds is 2. The van der Waals surface area contributed by atoms with Gasteiger partial charge in [-0.25, -0.2) is 4.98 Å². The summed E-state index contributed by atoms with van der Waals surface area (Å²) < 4.78 is 0. The van der Waals surface area contributed by atoms with Crippen LogP contribution in [0.4, 0.5) is 0 Å². The van der Waals surface area contributed by atoms with Crippen molar-refractivity contribution in [3.8, 4) is 0 Å². The van der Waals surface area contributed by atoms with Crippen molar-refractivity contribution >= 4 is 28.1 Å². The fourth-order valence-electron chi connectivity index (χ4n) is 1.18. The van der Waals surface area contributed by atoms with Crippen LogP contribution >= 0.6 is 23.1 Å². The van der Waals surface area contributed by atoms with E-state index >= 15 is 0 Å². The van der Waals surface area contributed by atoms with Crippen LogP contribution in [0.5, 0.6) is 0 Å². The van der Waals surface area contributed by atoms with E-state index < -0.39 is 5.60 Å². The normalized spacial score (nSPS) is 16.8. The topological polar surface area (TPSA) is 45.5 Å². The number of hydrogen-bond acceptors (Lipinski definition) is 5. The van der Waals surface area contributed by atoms with Gasteiger partial charge in [-0.1, -0.05) is 0 Å². The Kier molecular flexibility index (Phi) is 3.69. The van der Waals surface area contributed by atoms with E-state index in [2.05, 4.69) is 9.98 Å². The largest absolute Gasteiger partial charge is 0.376 e. The van der Waals surface area contributed by atoms with Crippen LogP contribution in [0.15, 0.2) is 10.4 Å². The second kappa shape index (κ2) is 4.42. The monoisotopic (exact) mass is 230 g/mol. The van der Waals surface area contributed by atoms with Gasteiger partial charge in [-0.05, 0) is 20.1 Å².